The van der Waals surface area contributed by atoms with Crippen LogP contribution < -0.4 is 10.2 Å². The van der Waals surface area contributed by atoms with Crippen molar-refractivity contribution >= 4 is 36.5 Å². The van der Waals surface area contributed by atoms with Crippen LogP contribution >= 0.6 is 23.2 Å². The highest BCUT2D eigenvalue weighted by Crippen LogP contribution is 2.30. The molecule has 0 aliphatic rings. The molecule has 0 bridgehead atoms. The summed E-state index contributed by atoms with van der Waals surface area (Å²) in [6.07, 6.45) is 0. The highest BCUT2D eigenvalue weighted by atomic mass is 35.5. The van der Waals surface area contributed by atoms with Gasteiger partial charge in [0.05, 0.1) is 17.2 Å². The fraction of sp³-hybridized carbons (Fsp3) is 0.143. The largest absolute Gasteiger partial charge is 0.494 e. The lowest BCUT2D eigenvalue weighted by molar-refractivity contribution is 0.415. The van der Waals surface area contributed by atoms with Gasteiger partial charge in [0.15, 0.2) is 5.75 Å². The maximum absolute atomic E-state index is 5.75. The Kier molecular flexibility index (Phi) is 2.69. The number of ether oxygens (including phenoxy) is 1. The molecule has 0 aromatic heterocycles. The van der Waals surface area contributed by atoms with E-state index in [-0.39, 0.29) is 0 Å². The minimum atomic E-state index is 0.428. The van der Waals surface area contributed by atoms with E-state index < -0.39 is 0 Å². The van der Waals surface area contributed by atoms with Gasteiger partial charge < -0.3 is 4.74 Å². The Morgan fingerprint density at radius 1 is 1.27 bits per heavy atom. The Morgan fingerprint density at radius 2 is 1.73 bits per heavy atom. The smallest absolute Gasteiger partial charge is 0.155 e. The van der Waals surface area contributed by atoms with Crippen molar-refractivity contribution < 1.29 is 4.74 Å². The van der Waals surface area contributed by atoms with E-state index in [9.17, 15) is 0 Å². The fourth-order valence-corrected chi connectivity index (χ4v) is 1.43. The third-order valence-corrected chi connectivity index (χ3v) is 1.79. The maximum atomic E-state index is 5.75. The summed E-state index contributed by atoms with van der Waals surface area (Å²) in [6.45, 7) is 0. The van der Waals surface area contributed by atoms with Crippen LogP contribution in [0.2, 0.25) is 10.0 Å². The Balaban J connectivity index is 3.25. The third-order valence-electron chi connectivity index (χ3n) is 1.22. The van der Waals surface area contributed by atoms with Crippen molar-refractivity contribution in [2.24, 2.45) is 0 Å². The lowest BCUT2D eigenvalue weighted by Crippen LogP contribution is -2.02. The first-order chi connectivity index (χ1) is 5.15. The van der Waals surface area contributed by atoms with E-state index in [1.54, 1.807) is 12.1 Å². The molecule has 0 spiro atoms. The molecule has 1 aromatic rings. The number of hydrogen-bond donors (Lipinski definition) is 0. The number of halogens is 2. The Bertz CT molecular complexity index is 252. The minimum absolute atomic E-state index is 0.428. The topological polar surface area (TPSA) is 9.23 Å². The average Bonchev–Trinajstić information content (AvgIpc) is 1.85. The zero-order valence-electron chi connectivity index (χ0n) is 5.90. The quantitative estimate of drug-likeness (QED) is 0.608. The summed E-state index contributed by atoms with van der Waals surface area (Å²) in [7, 11) is 6.96. The maximum Gasteiger partial charge on any atom is 0.155 e. The number of hydrogen-bond acceptors (Lipinski definition) is 1. The molecule has 0 saturated carbocycles. The zero-order valence-corrected chi connectivity index (χ0v) is 7.41. The van der Waals surface area contributed by atoms with E-state index in [2.05, 4.69) is 0 Å². The standard InChI is InChI=1S/C7H5BCl2O/c1-11-7-5(9)2-4(8)3-6(7)10/h2-3H,1H3. The molecule has 0 atom stereocenters. The number of methoxy groups -OCH3 is 1. The van der Waals surface area contributed by atoms with E-state index in [1.807, 2.05) is 0 Å². The summed E-state index contributed by atoms with van der Waals surface area (Å²) < 4.78 is 4.91. The van der Waals surface area contributed by atoms with Crippen molar-refractivity contribution in [3.05, 3.63) is 22.2 Å². The molecule has 1 rings (SSSR count). The average molecular weight is 187 g/mol. The molecule has 0 aliphatic carbocycles. The van der Waals surface area contributed by atoms with Crippen molar-refractivity contribution in [2.75, 3.05) is 7.11 Å². The zero-order chi connectivity index (χ0) is 8.43. The molecule has 1 nitrogen and oxygen atoms in total. The monoisotopic (exact) mass is 186 g/mol. The number of rotatable bonds is 1. The van der Waals surface area contributed by atoms with Crippen LogP contribution in [0.4, 0.5) is 0 Å². The van der Waals surface area contributed by atoms with Gasteiger partial charge in [0.2, 0.25) is 0 Å². The number of benzene rings is 1. The van der Waals surface area contributed by atoms with Crippen LogP contribution in [0, 0.1) is 0 Å². The summed E-state index contributed by atoms with van der Waals surface area (Å²) in [5, 5.41) is 0.856. The molecule has 0 saturated heterocycles. The van der Waals surface area contributed by atoms with Gasteiger partial charge in [-0.1, -0.05) is 28.7 Å². The van der Waals surface area contributed by atoms with E-state index >= 15 is 0 Å². The molecule has 1 aromatic carbocycles. The van der Waals surface area contributed by atoms with Gasteiger partial charge in [-0.3, -0.25) is 0 Å². The van der Waals surface area contributed by atoms with Crippen LogP contribution in [0.3, 0.4) is 0 Å². The van der Waals surface area contributed by atoms with Gasteiger partial charge in [-0.25, -0.2) is 0 Å². The fourth-order valence-electron chi connectivity index (χ4n) is 0.774. The Labute approximate surface area is 76.7 Å². The van der Waals surface area contributed by atoms with Crippen molar-refractivity contribution in [2.45, 2.75) is 0 Å². The van der Waals surface area contributed by atoms with Gasteiger partial charge in [0, 0.05) is 0 Å². The summed E-state index contributed by atoms with van der Waals surface area (Å²) in [5.74, 6) is 0.461. The predicted octanol–water partition coefficient (Wildman–Crippen LogP) is 1.80. The Morgan fingerprint density at radius 3 is 2.09 bits per heavy atom. The normalized spacial score (nSPS) is 9.73. The lowest BCUT2D eigenvalue weighted by Gasteiger charge is -2.05. The van der Waals surface area contributed by atoms with E-state index in [0.29, 0.717) is 21.3 Å². The van der Waals surface area contributed by atoms with Crippen molar-refractivity contribution in [3.63, 3.8) is 0 Å². The van der Waals surface area contributed by atoms with Crippen molar-refractivity contribution in [3.8, 4) is 5.75 Å². The molecular weight excluding hydrogens is 182 g/mol. The molecule has 2 radical (unpaired) electrons. The second-order valence-electron chi connectivity index (χ2n) is 2.02. The molecule has 0 unspecified atom stereocenters. The van der Waals surface area contributed by atoms with Gasteiger partial charge in [-0.2, -0.15) is 0 Å². The first kappa shape index (κ1) is 8.76. The van der Waals surface area contributed by atoms with Crippen LogP contribution in [-0.2, 0) is 0 Å². The molecule has 0 aliphatic heterocycles. The molecule has 0 amide bonds. The molecule has 0 heterocycles. The van der Waals surface area contributed by atoms with Crippen LogP contribution in [0.5, 0.6) is 5.75 Å². The molecule has 0 N–H and O–H groups in total. The molecule has 4 heteroatoms. The second-order valence-corrected chi connectivity index (χ2v) is 2.83. The van der Waals surface area contributed by atoms with Gasteiger partial charge in [0.1, 0.15) is 7.85 Å². The first-order valence-corrected chi connectivity index (χ1v) is 3.69. The highest BCUT2D eigenvalue weighted by Gasteiger charge is 2.05. The van der Waals surface area contributed by atoms with Gasteiger partial charge in [-0.05, 0) is 12.1 Å². The second kappa shape index (κ2) is 3.37. The van der Waals surface area contributed by atoms with Gasteiger partial charge >= 0.3 is 0 Å². The highest BCUT2D eigenvalue weighted by molar-refractivity contribution is 6.41. The predicted molar refractivity (Wildman–Crippen MR) is 48.4 cm³/mol. The summed E-state index contributed by atoms with van der Waals surface area (Å²) >= 11 is 11.5. The summed E-state index contributed by atoms with van der Waals surface area (Å²) in [4.78, 5) is 0. The van der Waals surface area contributed by atoms with Crippen molar-refractivity contribution in [1.29, 1.82) is 0 Å². The lowest BCUT2D eigenvalue weighted by atomic mass is 9.96. The van der Waals surface area contributed by atoms with Crippen LogP contribution in [0.1, 0.15) is 0 Å². The summed E-state index contributed by atoms with van der Waals surface area (Å²) in [5.41, 5.74) is 0.529. The minimum Gasteiger partial charge on any atom is -0.494 e. The van der Waals surface area contributed by atoms with Crippen LogP contribution in [-0.4, -0.2) is 15.0 Å². The molecule has 0 fully saturated rings. The van der Waals surface area contributed by atoms with Crippen LogP contribution in [0.15, 0.2) is 12.1 Å². The van der Waals surface area contributed by atoms with E-state index in [4.69, 9.17) is 35.8 Å². The molecular formula is C7H5BCl2O. The molecule has 56 valence electrons. The Hall–Kier alpha value is -0.335. The van der Waals surface area contributed by atoms with E-state index in [1.165, 1.54) is 7.11 Å². The SMILES string of the molecule is [B]c1cc(Cl)c(OC)c(Cl)c1. The van der Waals surface area contributed by atoms with Gasteiger partial charge in [0.25, 0.3) is 0 Å². The molecule has 11 heavy (non-hydrogen) atoms. The third kappa shape index (κ3) is 1.82. The first-order valence-electron chi connectivity index (χ1n) is 2.93. The van der Waals surface area contributed by atoms with Crippen LogP contribution in [0.25, 0.3) is 0 Å². The van der Waals surface area contributed by atoms with Crippen molar-refractivity contribution in [1.82, 2.24) is 0 Å². The van der Waals surface area contributed by atoms with E-state index in [0.717, 1.165) is 0 Å². The van der Waals surface area contributed by atoms with Gasteiger partial charge in [-0.15, -0.1) is 0 Å². The summed E-state index contributed by atoms with van der Waals surface area (Å²) in [6, 6.07) is 3.18.